The minimum Gasteiger partial charge on any atom is -0.485 e. The van der Waals surface area contributed by atoms with E-state index in [1.165, 1.54) is 6.07 Å². The molecule has 1 unspecified atom stereocenters. The van der Waals surface area contributed by atoms with E-state index in [0.29, 0.717) is 26.4 Å². The van der Waals surface area contributed by atoms with E-state index in [2.05, 4.69) is 15.6 Å². The van der Waals surface area contributed by atoms with Gasteiger partial charge in [-0.2, -0.15) is 0 Å². The zero-order valence-corrected chi connectivity index (χ0v) is 18.8. The summed E-state index contributed by atoms with van der Waals surface area (Å²) in [4.78, 5) is 4.54. The van der Waals surface area contributed by atoms with Gasteiger partial charge in [0.2, 0.25) is 0 Å². The number of benzene rings is 1. The van der Waals surface area contributed by atoms with Crippen molar-refractivity contribution in [1.29, 1.82) is 0 Å². The van der Waals surface area contributed by atoms with Crippen LogP contribution in [-0.2, 0) is 9.47 Å². The van der Waals surface area contributed by atoms with Gasteiger partial charge in [-0.15, -0.1) is 24.0 Å². The fraction of sp³-hybridized carbons (Fsp3) is 0.632. The number of nitrogens with zero attached hydrogens (tertiary/aromatic N) is 1. The fourth-order valence-electron chi connectivity index (χ4n) is 2.13. The van der Waals surface area contributed by atoms with Crippen molar-refractivity contribution in [3.05, 3.63) is 30.1 Å². The molecular formula is C19H33FIN3O3. The molecule has 1 atom stereocenters. The molecule has 2 N–H and O–H groups in total. The number of halogens is 2. The number of hydrogen-bond donors (Lipinski definition) is 2. The summed E-state index contributed by atoms with van der Waals surface area (Å²) >= 11 is 0. The van der Waals surface area contributed by atoms with Gasteiger partial charge in [0, 0.05) is 26.8 Å². The highest BCUT2D eigenvalue weighted by Gasteiger charge is 2.11. The first-order valence-corrected chi connectivity index (χ1v) is 9.21. The standard InChI is InChI=1S/C19H32FN3O3.HI/c1-4-16(26-18-10-7-6-9-17(18)20)15-23-19(21-5-2)22-11-8-12-25-14-13-24-3;/h6-7,9-10,16H,4-5,8,11-15H2,1-3H3,(H2,21,22,23);1H. The highest BCUT2D eigenvalue weighted by atomic mass is 127. The molecule has 0 aromatic heterocycles. The van der Waals surface area contributed by atoms with Crippen molar-refractivity contribution in [2.24, 2.45) is 4.99 Å². The lowest BCUT2D eigenvalue weighted by molar-refractivity contribution is 0.0698. The van der Waals surface area contributed by atoms with Gasteiger partial charge in [0.25, 0.3) is 0 Å². The lowest BCUT2D eigenvalue weighted by Gasteiger charge is -2.17. The molecule has 27 heavy (non-hydrogen) atoms. The van der Waals surface area contributed by atoms with E-state index < -0.39 is 0 Å². The van der Waals surface area contributed by atoms with Crippen LogP contribution < -0.4 is 15.4 Å². The summed E-state index contributed by atoms with van der Waals surface area (Å²) in [7, 11) is 1.66. The van der Waals surface area contributed by atoms with Crippen molar-refractivity contribution in [2.75, 3.05) is 46.6 Å². The smallest absolute Gasteiger partial charge is 0.191 e. The molecule has 0 aliphatic carbocycles. The molecule has 1 aromatic carbocycles. The first-order chi connectivity index (χ1) is 12.7. The SMILES string of the molecule is CCNC(=NCC(CC)Oc1ccccc1F)NCCCOCCOC.I. The number of methoxy groups -OCH3 is 1. The molecule has 0 amide bonds. The number of aliphatic imine (C=N–C) groups is 1. The van der Waals surface area contributed by atoms with Gasteiger partial charge in [0.1, 0.15) is 6.10 Å². The van der Waals surface area contributed by atoms with E-state index in [0.717, 1.165) is 31.9 Å². The Hall–Kier alpha value is -1.13. The fourth-order valence-corrected chi connectivity index (χ4v) is 2.13. The average molecular weight is 497 g/mol. The molecule has 0 fully saturated rings. The Morgan fingerprint density at radius 2 is 1.93 bits per heavy atom. The second-order valence-corrected chi connectivity index (χ2v) is 5.68. The van der Waals surface area contributed by atoms with E-state index in [4.69, 9.17) is 14.2 Å². The Kier molecular flexibility index (Phi) is 16.3. The van der Waals surface area contributed by atoms with Gasteiger partial charge < -0.3 is 24.8 Å². The van der Waals surface area contributed by atoms with Crippen LogP contribution in [0.2, 0.25) is 0 Å². The maximum atomic E-state index is 13.7. The molecular weight excluding hydrogens is 464 g/mol. The Morgan fingerprint density at radius 1 is 1.15 bits per heavy atom. The molecule has 0 saturated carbocycles. The van der Waals surface area contributed by atoms with Crippen LogP contribution in [0, 0.1) is 5.82 Å². The lowest BCUT2D eigenvalue weighted by atomic mass is 10.2. The lowest BCUT2D eigenvalue weighted by Crippen LogP contribution is -2.39. The molecule has 156 valence electrons. The molecule has 1 rings (SSSR count). The minimum absolute atomic E-state index is 0. The second kappa shape index (κ2) is 17.0. The third-order valence-corrected chi connectivity index (χ3v) is 3.57. The predicted molar refractivity (Wildman–Crippen MR) is 118 cm³/mol. The van der Waals surface area contributed by atoms with Crippen molar-refractivity contribution < 1.29 is 18.6 Å². The molecule has 0 heterocycles. The zero-order chi connectivity index (χ0) is 19.0. The van der Waals surface area contributed by atoms with Gasteiger partial charge in [-0.25, -0.2) is 9.38 Å². The van der Waals surface area contributed by atoms with Gasteiger partial charge in [0.05, 0.1) is 19.8 Å². The Morgan fingerprint density at radius 3 is 2.59 bits per heavy atom. The van der Waals surface area contributed by atoms with Gasteiger partial charge in [-0.05, 0) is 31.9 Å². The summed E-state index contributed by atoms with van der Waals surface area (Å²) in [6.07, 6.45) is 1.43. The van der Waals surface area contributed by atoms with Gasteiger partial charge in [0.15, 0.2) is 17.5 Å². The highest BCUT2D eigenvalue weighted by molar-refractivity contribution is 14.0. The monoisotopic (exact) mass is 497 g/mol. The van der Waals surface area contributed by atoms with Crippen LogP contribution >= 0.6 is 24.0 Å². The Bertz CT molecular complexity index is 521. The van der Waals surface area contributed by atoms with Gasteiger partial charge >= 0.3 is 0 Å². The second-order valence-electron chi connectivity index (χ2n) is 5.68. The Labute approximate surface area is 179 Å². The molecule has 0 bridgehead atoms. The van der Waals surface area contributed by atoms with Crippen LogP contribution in [0.5, 0.6) is 5.75 Å². The molecule has 0 saturated heterocycles. The Balaban J connectivity index is 0.00000676. The maximum absolute atomic E-state index is 13.7. The summed E-state index contributed by atoms with van der Waals surface area (Å²) < 4.78 is 29.8. The van der Waals surface area contributed by atoms with Crippen molar-refractivity contribution in [2.45, 2.75) is 32.8 Å². The van der Waals surface area contributed by atoms with E-state index >= 15 is 0 Å². The van der Waals surface area contributed by atoms with Crippen LogP contribution in [0.4, 0.5) is 4.39 Å². The van der Waals surface area contributed by atoms with Crippen molar-refractivity contribution in [3.63, 3.8) is 0 Å². The first-order valence-electron chi connectivity index (χ1n) is 9.21. The summed E-state index contributed by atoms with van der Waals surface area (Å²) in [6.45, 7) is 7.87. The van der Waals surface area contributed by atoms with Gasteiger partial charge in [-0.1, -0.05) is 19.1 Å². The molecule has 0 aliphatic rings. The van der Waals surface area contributed by atoms with Crippen molar-refractivity contribution in [1.82, 2.24) is 10.6 Å². The van der Waals surface area contributed by atoms with Crippen LogP contribution in [0.25, 0.3) is 0 Å². The predicted octanol–water partition coefficient (Wildman–Crippen LogP) is 3.21. The van der Waals surface area contributed by atoms with Crippen molar-refractivity contribution in [3.8, 4) is 5.75 Å². The first kappa shape index (κ1) is 25.9. The number of guanidine groups is 1. The summed E-state index contributed by atoms with van der Waals surface area (Å²) in [5.41, 5.74) is 0. The molecule has 1 aromatic rings. The summed E-state index contributed by atoms with van der Waals surface area (Å²) in [5, 5.41) is 6.46. The maximum Gasteiger partial charge on any atom is 0.191 e. The van der Waals surface area contributed by atoms with Crippen molar-refractivity contribution >= 4 is 29.9 Å². The largest absolute Gasteiger partial charge is 0.485 e. The van der Waals surface area contributed by atoms with Crippen LogP contribution in [-0.4, -0.2) is 58.6 Å². The minimum atomic E-state index is -0.353. The summed E-state index contributed by atoms with van der Waals surface area (Å²) in [5.74, 6) is 0.633. The van der Waals surface area contributed by atoms with E-state index in [-0.39, 0.29) is 41.6 Å². The highest BCUT2D eigenvalue weighted by Crippen LogP contribution is 2.18. The summed E-state index contributed by atoms with van der Waals surface area (Å²) in [6, 6.07) is 6.43. The molecule has 8 heteroatoms. The molecule has 0 radical (unpaired) electrons. The molecule has 0 aliphatic heterocycles. The van der Waals surface area contributed by atoms with E-state index in [1.54, 1.807) is 25.3 Å². The average Bonchev–Trinajstić information content (AvgIpc) is 2.65. The zero-order valence-electron chi connectivity index (χ0n) is 16.5. The van der Waals surface area contributed by atoms with Crippen LogP contribution in [0.1, 0.15) is 26.7 Å². The number of ether oxygens (including phenoxy) is 3. The quantitative estimate of drug-likeness (QED) is 0.190. The van der Waals surface area contributed by atoms with Crippen LogP contribution in [0.3, 0.4) is 0 Å². The van der Waals surface area contributed by atoms with Crippen LogP contribution in [0.15, 0.2) is 29.3 Å². The van der Waals surface area contributed by atoms with E-state index in [1.807, 2.05) is 13.8 Å². The number of hydrogen-bond acceptors (Lipinski definition) is 4. The number of para-hydroxylation sites is 1. The molecule has 0 spiro atoms. The topological polar surface area (TPSA) is 64.1 Å². The third kappa shape index (κ3) is 12.0. The van der Waals surface area contributed by atoms with E-state index in [9.17, 15) is 4.39 Å². The molecule has 6 nitrogen and oxygen atoms in total. The third-order valence-electron chi connectivity index (χ3n) is 3.57. The number of rotatable bonds is 13. The number of nitrogens with one attached hydrogen (secondary N) is 2. The van der Waals surface area contributed by atoms with Gasteiger partial charge in [-0.3, -0.25) is 0 Å². The normalized spacial score (nSPS) is 12.2.